The van der Waals surface area contributed by atoms with Crippen molar-refractivity contribution >= 4 is 57.3 Å². The van der Waals surface area contributed by atoms with Crippen LogP contribution in [0.3, 0.4) is 0 Å². The summed E-state index contributed by atoms with van der Waals surface area (Å²) in [6, 6.07) is 7.91. The Morgan fingerprint density at radius 3 is 1.59 bits per heavy atom. The Morgan fingerprint density at radius 2 is 1.10 bits per heavy atom. The first-order valence-electron chi connectivity index (χ1n) is 13.3. The van der Waals surface area contributed by atoms with Gasteiger partial charge in [-0.2, -0.15) is 0 Å². The average molecular weight is 645 g/mol. The number of carbonyl (C=O) groups excluding carboxylic acids is 2. The van der Waals surface area contributed by atoms with Crippen molar-refractivity contribution in [3.05, 3.63) is 69.3 Å². The molecule has 9 heteroatoms. The Kier molecular flexibility index (Phi) is 9.17. The fourth-order valence-electron chi connectivity index (χ4n) is 5.15. The minimum atomic E-state index is -0.279. The molecule has 0 saturated heterocycles. The summed E-state index contributed by atoms with van der Waals surface area (Å²) >= 11 is 0. The van der Waals surface area contributed by atoms with Crippen LogP contribution in [-0.4, -0.2) is 36.1 Å². The van der Waals surface area contributed by atoms with E-state index in [0.29, 0.717) is 12.8 Å². The second-order valence-electron chi connectivity index (χ2n) is 10.2. The summed E-state index contributed by atoms with van der Waals surface area (Å²) in [5, 5.41) is 0. The molecule has 2 aliphatic heterocycles. The van der Waals surface area contributed by atoms with Crippen LogP contribution >= 0.6 is 0 Å². The maximum absolute atomic E-state index is 12.0. The van der Waals surface area contributed by atoms with Gasteiger partial charge in [0.25, 0.3) is 0 Å². The smallest absolute Gasteiger partial charge is 0.305 e. The fraction of sp³-hybridized carbons (Fsp3) is 0.312. The van der Waals surface area contributed by atoms with Gasteiger partial charge >= 0.3 is 11.9 Å². The largest absolute Gasteiger partial charge is 0.657 e. The third-order valence-electron chi connectivity index (χ3n) is 7.54. The number of methoxy groups -OCH3 is 2. The molecule has 8 bridgehead atoms. The fourth-order valence-corrected chi connectivity index (χ4v) is 5.15. The van der Waals surface area contributed by atoms with Crippen LogP contribution in [0, 0.1) is 13.8 Å². The molecule has 0 N–H and O–H groups in total. The van der Waals surface area contributed by atoms with E-state index in [9.17, 15) is 9.59 Å². The molecular formula is C32H32AgN4O4-2. The first kappa shape index (κ1) is 30.2. The molecule has 0 unspecified atom stereocenters. The van der Waals surface area contributed by atoms with E-state index >= 15 is 0 Å². The predicted molar refractivity (Wildman–Crippen MR) is 156 cm³/mol. The van der Waals surface area contributed by atoms with Gasteiger partial charge in [0.05, 0.1) is 37.0 Å². The summed E-state index contributed by atoms with van der Waals surface area (Å²) in [4.78, 5) is 43.7. The molecule has 1 radical (unpaired) electrons. The number of rotatable bonds is 6. The third-order valence-corrected chi connectivity index (χ3v) is 7.54. The molecule has 8 nitrogen and oxygen atoms in total. The van der Waals surface area contributed by atoms with Gasteiger partial charge in [-0.05, 0) is 69.9 Å². The molecule has 0 amide bonds. The van der Waals surface area contributed by atoms with E-state index in [4.69, 9.17) is 29.4 Å². The van der Waals surface area contributed by atoms with E-state index in [2.05, 4.69) is 0 Å². The summed E-state index contributed by atoms with van der Waals surface area (Å²) in [7, 11) is 2.79. The average Bonchev–Trinajstić information content (AvgIpc) is 3.62. The zero-order chi connectivity index (χ0) is 28.6. The van der Waals surface area contributed by atoms with E-state index in [1.165, 1.54) is 14.2 Å². The van der Waals surface area contributed by atoms with Crippen molar-refractivity contribution in [2.45, 2.75) is 53.4 Å². The summed E-state index contributed by atoms with van der Waals surface area (Å²) in [5.41, 5.74) is 12.4. The minimum absolute atomic E-state index is 0. The molecule has 5 heterocycles. The van der Waals surface area contributed by atoms with Crippen molar-refractivity contribution < 1.29 is 41.4 Å². The van der Waals surface area contributed by atoms with Crippen molar-refractivity contribution in [1.29, 1.82) is 0 Å². The molecule has 41 heavy (non-hydrogen) atoms. The molecule has 0 fully saturated rings. The molecule has 5 rings (SSSR count). The number of nitrogens with zero attached hydrogens (tertiary/aromatic N) is 4. The van der Waals surface area contributed by atoms with Gasteiger partial charge in [-0.3, -0.25) is 9.59 Å². The van der Waals surface area contributed by atoms with Crippen molar-refractivity contribution in [1.82, 2.24) is 19.9 Å². The van der Waals surface area contributed by atoms with Crippen LogP contribution in [0.2, 0.25) is 0 Å². The normalized spacial score (nSPS) is 12.3. The van der Waals surface area contributed by atoms with E-state index in [1.807, 2.05) is 64.1 Å². The number of aromatic nitrogens is 4. The van der Waals surface area contributed by atoms with E-state index in [1.54, 1.807) is 0 Å². The van der Waals surface area contributed by atoms with Crippen LogP contribution in [0.25, 0.3) is 45.4 Å². The Labute approximate surface area is 254 Å². The number of fused-ring (bicyclic) bond motifs is 8. The molecule has 2 aliphatic rings. The molecular weight excluding hydrogens is 612 g/mol. The number of allylic oxidation sites excluding steroid dienone is 2. The van der Waals surface area contributed by atoms with Crippen molar-refractivity contribution in [2.75, 3.05) is 14.2 Å². The maximum Gasteiger partial charge on any atom is 0.305 e. The SMILES string of the molecule is COC(=O)CCc1c(C)c2cc3nc(cc4nc(cc5[n-]c(cc1[n-]2)c(CCC(=O)OC)c5C)C(C)=C4)C(C)=C3.[Ag]. The summed E-state index contributed by atoms with van der Waals surface area (Å²) in [6.07, 6.45) is 5.52. The van der Waals surface area contributed by atoms with E-state index in [0.717, 1.165) is 78.2 Å². The molecule has 3 aromatic heterocycles. The first-order chi connectivity index (χ1) is 19.2. The van der Waals surface area contributed by atoms with Crippen LogP contribution in [-0.2, 0) is 54.3 Å². The van der Waals surface area contributed by atoms with Gasteiger partial charge < -0.3 is 19.4 Å². The number of aryl methyl sites for hydroxylation is 4. The Hall–Kier alpha value is -3.72. The van der Waals surface area contributed by atoms with E-state index < -0.39 is 0 Å². The Bertz CT molecular complexity index is 1760. The van der Waals surface area contributed by atoms with Gasteiger partial charge in [0, 0.05) is 35.2 Å². The van der Waals surface area contributed by atoms with Crippen LogP contribution in [0.4, 0.5) is 0 Å². The van der Waals surface area contributed by atoms with Gasteiger partial charge in [0.2, 0.25) is 0 Å². The minimum Gasteiger partial charge on any atom is -0.657 e. The molecule has 0 aromatic carbocycles. The summed E-state index contributed by atoms with van der Waals surface area (Å²) < 4.78 is 9.80. The molecule has 0 atom stereocenters. The quantitative estimate of drug-likeness (QED) is 0.255. The van der Waals surface area contributed by atoms with Crippen molar-refractivity contribution in [3.8, 4) is 0 Å². The van der Waals surface area contributed by atoms with Crippen LogP contribution < -0.4 is 9.97 Å². The second kappa shape index (κ2) is 12.4. The summed E-state index contributed by atoms with van der Waals surface area (Å²) in [5.74, 6) is -0.558. The zero-order valence-corrected chi connectivity index (χ0v) is 25.5. The first-order valence-corrected chi connectivity index (χ1v) is 13.3. The van der Waals surface area contributed by atoms with E-state index in [-0.39, 0.29) is 47.2 Å². The number of hydrogen-bond acceptors (Lipinski definition) is 6. The second-order valence-corrected chi connectivity index (χ2v) is 10.2. The molecule has 217 valence electrons. The van der Waals surface area contributed by atoms with Crippen LogP contribution in [0.1, 0.15) is 71.7 Å². The van der Waals surface area contributed by atoms with Gasteiger partial charge in [-0.15, -0.1) is 22.1 Å². The molecule has 0 saturated carbocycles. The molecule has 3 aromatic rings. The van der Waals surface area contributed by atoms with Crippen molar-refractivity contribution in [2.24, 2.45) is 0 Å². The molecule has 0 aliphatic carbocycles. The number of hydrogen-bond donors (Lipinski definition) is 0. The van der Waals surface area contributed by atoms with Crippen molar-refractivity contribution in [3.63, 3.8) is 0 Å². The predicted octanol–water partition coefficient (Wildman–Crippen LogP) is 5.52. The number of ether oxygens (including phenoxy) is 2. The van der Waals surface area contributed by atoms with Gasteiger partial charge in [0.1, 0.15) is 0 Å². The third kappa shape index (κ3) is 6.30. The van der Waals surface area contributed by atoms with Gasteiger partial charge in [-0.25, -0.2) is 9.97 Å². The van der Waals surface area contributed by atoms with Gasteiger partial charge in [-0.1, -0.05) is 40.5 Å². The van der Waals surface area contributed by atoms with Gasteiger partial charge in [0.15, 0.2) is 0 Å². The summed E-state index contributed by atoms with van der Waals surface area (Å²) in [6.45, 7) is 8.10. The molecule has 0 spiro atoms. The van der Waals surface area contributed by atoms with Crippen LogP contribution in [0.15, 0.2) is 24.3 Å². The number of carbonyl (C=O) groups is 2. The zero-order valence-electron chi connectivity index (χ0n) is 24.0. The topological polar surface area (TPSA) is 107 Å². The monoisotopic (exact) mass is 643 g/mol. The Balaban J connectivity index is 0.00000387. The maximum atomic E-state index is 12.0. The Morgan fingerprint density at radius 1 is 0.659 bits per heavy atom. The van der Waals surface area contributed by atoms with Crippen LogP contribution in [0.5, 0.6) is 0 Å². The standard InChI is InChI=1S/C32H32N4O4.Ag/c1-17-11-22-14-27-19(3)23(7-9-31(37)39-5)29(35-27)16-30-24(8-10-32(38)40-6)20(4)28(36-30)15-26-18(2)12-21(34-26)13-25(17)33-22;/h11-16H,7-10H2,1-6H3;/q-2;. The number of esters is 2.